The van der Waals surface area contributed by atoms with Crippen molar-refractivity contribution < 1.29 is 53.0 Å². The number of nitrogens with zero attached hydrogens (tertiary/aromatic N) is 2. The molecule has 0 spiro atoms. The number of unbranched alkanes of at least 4 members (excludes halogenated alkanes) is 2. The number of esters is 1. The first-order valence-corrected chi connectivity index (χ1v) is 16.6. The lowest BCUT2D eigenvalue weighted by atomic mass is 9.82. The van der Waals surface area contributed by atoms with Crippen LogP contribution in [0.3, 0.4) is 0 Å². The molecule has 0 aromatic heterocycles. The molecule has 0 aliphatic carbocycles. The van der Waals surface area contributed by atoms with Crippen LogP contribution in [0.4, 0.5) is 4.79 Å². The molecule has 1 unspecified atom stereocenters. The minimum atomic E-state index is -1.33. The van der Waals surface area contributed by atoms with Gasteiger partial charge in [-0.1, -0.05) is 44.9 Å². The summed E-state index contributed by atoms with van der Waals surface area (Å²) in [6.45, 7) is 6.35. The second kappa shape index (κ2) is 17.9. The second-order valence-electron chi connectivity index (χ2n) is 12.0. The van der Waals surface area contributed by atoms with Crippen LogP contribution < -0.4 is 14.2 Å². The van der Waals surface area contributed by atoms with Crippen LogP contribution in [0.2, 0.25) is 0 Å². The number of carbonyl (C=O) groups excluding carboxylic acids is 3. The highest BCUT2D eigenvalue weighted by Crippen LogP contribution is 2.48. The third kappa shape index (κ3) is 9.51. The van der Waals surface area contributed by atoms with Crippen molar-refractivity contribution in [3.8, 4) is 17.2 Å². The second-order valence-corrected chi connectivity index (χ2v) is 12.0. The van der Waals surface area contributed by atoms with E-state index in [1.165, 1.54) is 6.92 Å². The minimum absolute atomic E-state index is 0.0154. The molecule has 1 saturated heterocycles. The predicted octanol–water partition coefficient (Wildman–Crippen LogP) is 4.01. The number of hydrogen-bond acceptors (Lipinski definition) is 12. The number of aliphatic hydroxyl groups is 2. The lowest BCUT2D eigenvalue weighted by Crippen LogP contribution is -2.42. The largest absolute Gasteiger partial charge is 0.511 e. The summed E-state index contributed by atoms with van der Waals surface area (Å²) in [5.74, 6) is -0.122. The average molecular weight is 673 g/mol. The highest BCUT2D eigenvalue weighted by Gasteiger charge is 2.49. The van der Waals surface area contributed by atoms with Crippen molar-refractivity contribution in [3.05, 3.63) is 53.6 Å². The van der Waals surface area contributed by atoms with E-state index in [-0.39, 0.29) is 19.2 Å². The molecule has 13 heteroatoms. The van der Waals surface area contributed by atoms with Crippen LogP contribution >= 0.6 is 0 Å². The first-order valence-electron chi connectivity index (χ1n) is 16.6. The Morgan fingerprint density at radius 3 is 2.29 bits per heavy atom. The predicted molar refractivity (Wildman–Crippen MR) is 174 cm³/mol. The average Bonchev–Trinajstić information content (AvgIpc) is 3.71. The zero-order valence-corrected chi connectivity index (χ0v) is 28.2. The zero-order valence-electron chi connectivity index (χ0n) is 28.2. The van der Waals surface area contributed by atoms with Gasteiger partial charge in [-0.2, -0.15) is 0 Å². The number of hydrogen-bond donors (Lipinski definition) is 2. The third-order valence-electron chi connectivity index (χ3n) is 8.56. The van der Waals surface area contributed by atoms with E-state index in [2.05, 4.69) is 13.8 Å². The highest BCUT2D eigenvalue weighted by molar-refractivity contribution is 5.80. The van der Waals surface area contributed by atoms with E-state index in [9.17, 15) is 19.5 Å². The van der Waals surface area contributed by atoms with Gasteiger partial charge in [0.1, 0.15) is 18.5 Å². The maximum atomic E-state index is 14.2. The van der Waals surface area contributed by atoms with Gasteiger partial charge >= 0.3 is 12.1 Å². The van der Waals surface area contributed by atoms with E-state index in [1.807, 2.05) is 46.2 Å². The summed E-state index contributed by atoms with van der Waals surface area (Å²) in [6, 6.07) is 12.3. The highest BCUT2D eigenvalue weighted by atomic mass is 16.8. The molecule has 5 atom stereocenters. The van der Waals surface area contributed by atoms with Gasteiger partial charge in [0.05, 0.1) is 26.2 Å². The summed E-state index contributed by atoms with van der Waals surface area (Å²) in [6.07, 6.45) is -0.0560. The molecule has 1 fully saturated rings. The van der Waals surface area contributed by atoms with Gasteiger partial charge in [-0.05, 0) is 48.2 Å². The van der Waals surface area contributed by atoms with Crippen LogP contribution in [-0.2, 0) is 23.8 Å². The number of carbonyl (C=O) groups is 3. The normalized spacial score (nSPS) is 19.8. The monoisotopic (exact) mass is 672 g/mol. The molecule has 13 nitrogen and oxygen atoms in total. The fourth-order valence-corrected chi connectivity index (χ4v) is 6.04. The van der Waals surface area contributed by atoms with E-state index in [1.54, 1.807) is 13.2 Å². The van der Waals surface area contributed by atoms with E-state index in [0.717, 1.165) is 36.8 Å². The lowest BCUT2D eigenvalue weighted by molar-refractivity contribution is -0.175. The van der Waals surface area contributed by atoms with Crippen molar-refractivity contribution in [1.82, 2.24) is 9.80 Å². The van der Waals surface area contributed by atoms with E-state index < -0.39 is 55.6 Å². The van der Waals surface area contributed by atoms with E-state index in [0.29, 0.717) is 36.9 Å². The van der Waals surface area contributed by atoms with Crippen LogP contribution in [0, 0.1) is 5.92 Å². The maximum Gasteiger partial charge on any atom is 0.511 e. The number of rotatable bonds is 17. The van der Waals surface area contributed by atoms with Crippen molar-refractivity contribution in [2.24, 2.45) is 5.92 Å². The summed E-state index contributed by atoms with van der Waals surface area (Å²) in [5.41, 5.74) is 1.59. The molecule has 2 aliphatic heterocycles. The molecule has 2 N–H and O–H groups in total. The van der Waals surface area contributed by atoms with Crippen LogP contribution in [0.5, 0.6) is 17.2 Å². The van der Waals surface area contributed by atoms with Gasteiger partial charge in [-0.25, -0.2) is 4.79 Å². The van der Waals surface area contributed by atoms with Gasteiger partial charge < -0.3 is 43.5 Å². The smallest absolute Gasteiger partial charge is 0.497 e. The van der Waals surface area contributed by atoms with Gasteiger partial charge in [0.2, 0.25) is 19.0 Å². The van der Waals surface area contributed by atoms with Gasteiger partial charge in [0.15, 0.2) is 11.5 Å². The molecule has 2 heterocycles. The van der Waals surface area contributed by atoms with Crippen LogP contribution in [0.25, 0.3) is 0 Å². The standard InChI is InChI=1S/C35H48N2O11/c1-5-7-15-36(16-8-6-2)31(40)19-37-18-28(25-11-14-29-30(17-25)46-22-45-29)32(33(37)24-9-12-27(43-4)13-10-24)34(41)47-23(3)48-35(42)44-21-26(39)20-38/h9-14,17,23,26,28,32-33,38-39H,5-8,15-16,18-22H2,1-4H3/t23?,26-,28+,32+,33-/m0/s1. The van der Waals surface area contributed by atoms with Crippen molar-refractivity contribution in [2.45, 2.75) is 70.8 Å². The van der Waals surface area contributed by atoms with Crippen LogP contribution in [-0.4, -0.2) is 104 Å². The summed E-state index contributed by atoms with van der Waals surface area (Å²) in [4.78, 5) is 44.2. The Bertz CT molecular complexity index is 1350. The number of likely N-dealkylation sites (tertiary alicyclic amines) is 1. The number of aliphatic hydroxyl groups excluding tert-OH is 2. The van der Waals surface area contributed by atoms with Crippen molar-refractivity contribution >= 4 is 18.0 Å². The molecule has 0 radical (unpaired) electrons. The van der Waals surface area contributed by atoms with Gasteiger partial charge in [-0.3, -0.25) is 14.5 Å². The Morgan fingerprint density at radius 2 is 1.65 bits per heavy atom. The Balaban J connectivity index is 1.67. The third-order valence-corrected chi connectivity index (χ3v) is 8.56. The molecule has 2 aromatic carbocycles. The summed E-state index contributed by atoms with van der Waals surface area (Å²) >= 11 is 0. The Kier molecular flexibility index (Phi) is 13.7. The van der Waals surface area contributed by atoms with Gasteiger partial charge in [-0.15, -0.1) is 0 Å². The van der Waals surface area contributed by atoms with E-state index >= 15 is 0 Å². The summed E-state index contributed by atoms with van der Waals surface area (Å²) < 4.78 is 32.2. The van der Waals surface area contributed by atoms with Gasteiger partial charge in [0, 0.05) is 38.5 Å². The molecule has 48 heavy (non-hydrogen) atoms. The molecule has 0 bridgehead atoms. The Labute approximate surface area is 281 Å². The van der Waals surface area contributed by atoms with Crippen molar-refractivity contribution in [3.63, 3.8) is 0 Å². The Morgan fingerprint density at radius 1 is 0.979 bits per heavy atom. The topological polar surface area (TPSA) is 154 Å². The molecule has 1 amide bonds. The Hall–Kier alpha value is -4.07. The van der Waals surface area contributed by atoms with Crippen LogP contribution in [0.1, 0.15) is 69.5 Å². The number of ether oxygens (including phenoxy) is 6. The summed E-state index contributed by atoms with van der Waals surface area (Å²) in [7, 11) is 1.57. The number of fused-ring (bicyclic) bond motifs is 1. The molecular formula is C35H48N2O11. The first kappa shape index (κ1) is 36.8. The number of amides is 1. The first-order chi connectivity index (χ1) is 23.2. The van der Waals surface area contributed by atoms with Crippen molar-refractivity contribution in [2.75, 3.05) is 53.3 Å². The quantitative estimate of drug-likeness (QED) is 0.184. The van der Waals surface area contributed by atoms with Crippen molar-refractivity contribution in [1.29, 1.82) is 0 Å². The SMILES string of the molecule is CCCCN(CCCC)C(=O)CN1C[C@H](c2ccc3c(c2)OCO3)[C@@H](C(=O)OC(C)OC(=O)OC[C@@H](O)CO)[C@@H]1c1ccc(OC)cc1. The molecule has 0 saturated carbocycles. The maximum absolute atomic E-state index is 14.2. The molecular weight excluding hydrogens is 624 g/mol. The molecule has 2 aliphatic rings. The summed E-state index contributed by atoms with van der Waals surface area (Å²) in [5, 5.41) is 18.4. The minimum Gasteiger partial charge on any atom is -0.497 e. The fraction of sp³-hybridized carbons (Fsp3) is 0.571. The lowest BCUT2D eigenvalue weighted by Gasteiger charge is -2.31. The molecule has 2 aromatic rings. The van der Waals surface area contributed by atoms with Crippen LogP contribution in [0.15, 0.2) is 42.5 Å². The zero-order chi connectivity index (χ0) is 34.6. The molecule has 264 valence electrons. The number of benzene rings is 2. The molecule has 4 rings (SSSR count). The fourth-order valence-electron chi connectivity index (χ4n) is 6.04. The van der Waals surface area contributed by atoms with E-state index in [4.69, 9.17) is 33.5 Å². The van der Waals surface area contributed by atoms with Gasteiger partial charge in [0.25, 0.3) is 0 Å². The number of methoxy groups -OCH3 is 1.